The summed E-state index contributed by atoms with van der Waals surface area (Å²) in [5, 5.41) is 0. The maximum Gasteiger partial charge on any atom is 0.124 e. The molecule has 0 saturated heterocycles. The van der Waals surface area contributed by atoms with E-state index in [1.54, 1.807) is 6.20 Å². The Morgan fingerprint density at radius 1 is 1.23 bits per heavy atom. The van der Waals surface area contributed by atoms with E-state index in [9.17, 15) is 0 Å². The van der Waals surface area contributed by atoms with Crippen LogP contribution in [0, 0.1) is 0 Å². The molecular formula is C9H7N3S. The van der Waals surface area contributed by atoms with Gasteiger partial charge in [0.25, 0.3) is 0 Å². The summed E-state index contributed by atoms with van der Waals surface area (Å²) >= 11 is 4.80. The molecule has 0 atom stereocenters. The Morgan fingerprint density at radius 3 is 2.62 bits per heavy atom. The monoisotopic (exact) mass is 189 g/mol. The van der Waals surface area contributed by atoms with E-state index < -0.39 is 0 Å². The zero-order valence-corrected chi connectivity index (χ0v) is 7.58. The molecule has 13 heavy (non-hydrogen) atoms. The number of rotatable bonds is 1. The van der Waals surface area contributed by atoms with Gasteiger partial charge in [0, 0.05) is 0 Å². The molecule has 0 radical (unpaired) electrons. The number of fused-ring (bicyclic) bond motifs is 1. The van der Waals surface area contributed by atoms with E-state index in [1.807, 2.05) is 24.3 Å². The van der Waals surface area contributed by atoms with Crippen LogP contribution in [0.15, 0.2) is 30.5 Å². The van der Waals surface area contributed by atoms with Gasteiger partial charge in [-0.15, -0.1) is 0 Å². The van der Waals surface area contributed by atoms with E-state index in [1.165, 1.54) is 0 Å². The van der Waals surface area contributed by atoms with E-state index in [0.29, 0.717) is 5.69 Å². The molecule has 2 rings (SSSR count). The minimum absolute atomic E-state index is 0.276. The number of nitrogens with two attached hydrogens (primary N) is 1. The highest BCUT2D eigenvalue weighted by atomic mass is 32.1. The van der Waals surface area contributed by atoms with Gasteiger partial charge in [0.1, 0.15) is 10.7 Å². The first-order valence-corrected chi connectivity index (χ1v) is 4.20. The van der Waals surface area contributed by atoms with E-state index in [2.05, 4.69) is 9.97 Å². The lowest BCUT2D eigenvalue weighted by molar-refractivity contribution is 1.26. The highest BCUT2D eigenvalue weighted by Gasteiger charge is 2.00. The van der Waals surface area contributed by atoms with E-state index >= 15 is 0 Å². The molecule has 1 aromatic heterocycles. The van der Waals surface area contributed by atoms with Crippen molar-refractivity contribution < 1.29 is 0 Å². The topological polar surface area (TPSA) is 51.8 Å². The fourth-order valence-corrected chi connectivity index (χ4v) is 1.17. The number of thiocarbonyl (C=S) groups is 1. The fourth-order valence-electron chi connectivity index (χ4n) is 1.08. The zero-order chi connectivity index (χ0) is 9.26. The van der Waals surface area contributed by atoms with Crippen LogP contribution in [0.25, 0.3) is 11.0 Å². The summed E-state index contributed by atoms with van der Waals surface area (Å²) < 4.78 is 0. The van der Waals surface area contributed by atoms with Crippen molar-refractivity contribution in [1.29, 1.82) is 0 Å². The lowest BCUT2D eigenvalue weighted by Crippen LogP contribution is -2.11. The zero-order valence-electron chi connectivity index (χ0n) is 6.77. The molecular weight excluding hydrogens is 182 g/mol. The van der Waals surface area contributed by atoms with Crippen molar-refractivity contribution in [2.75, 3.05) is 0 Å². The highest BCUT2D eigenvalue weighted by molar-refractivity contribution is 7.80. The van der Waals surface area contributed by atoms with Gasteiger partial charge in [0.05, 0.1) is 17.2 Å². The minimum Gasteiger partial charge on any atom is -0.388 e. The molecule has 1 heterocycles. The Kier molecular flexibility index (Phi) is 1.90. The molecule has 64 valence electrons. The Bertz CT molecular complexity index is 467. The van der Waals surface area contributed by atoms with Crippen molar-refractivity contribution in [1.82, 2.24) is 9.97 Å². The van der Waals surface area contributed by atoms with Crippen molar-refractivity contribution in [2.45, 2.75) is 0 Å². The van der Waals surface area contributed by atoms with Crippen molar-refractivity contribution in [3.05, 3.63) is 36.2 Å². The van der Waals surface area contributed by atoms with Crippen LogP contribution in [0.1, 0.15) is 5.69 Å². The largest absolute Gasteiger partial charge is 0.388 e. The van der Waals surface area contributed by atoms with Gasteiger partial charge in [-0.1, -0.05) is 24.4 Å². The third-order valence-electron chi connectivity index (χ3n) is 1.70. The normalized spacial score (nSPS) is 10.2. The predicted molar refractivity (Wildman–Crippen MR) is 55.4 cm³/mol. The standard InChI is InChI=1S/C9H7N3S/c10-9(13)8-5-11-6-3-1-2-4-7(6)12-8/h1-5H,(H2,10,13). The van der Waals surface area contributed by atoms with Crippen LogP contribution in [0.5, 0.6) is 0 Å². The minimum atomic E-state index is 0.276. The number of para-hydroxylation sites is 2. The number of hydrogen-bond acceptors (Lipinski definition) is 3. The summed E-state index contributed by atoms with van der Waals surface area (Å²) in [7, 11) is 0. The van der Waals surface area contributed by atoms with Crippen LogP contribution in [0.3, 0.4) is 0 Å². The summed E-state index contributed by atoms with van der Waals surface area (Å²) in [5.74, 6) is 0. The Morgan fingerprint density at radius 2 is 1.92 bits per heavy atom. The molecule has 0 aliphatic heterocycles. The summed E-state index contributed by atoms with van der Waals surface area (Å²) in [6.45, 7) is 0. The van der Waals surface area contributed by atoms with Gasteiger partial charge in [0.15, 0.2) is 0 Å². The van der Waals surface area contributed by atoms with Crippen LogP contribution in [-0.4, -0.2) is 15.0 Å². The summed E-state index contributed by atoms with van der Waals surface area (Å²) in [5.41, 5.74) is 7.66. The molecule has 1 aromatic carbocycles. The molecule has 0 aliphatic carbocycles. The number of hydrogen-bond donors (Lipinski definition) is 1. The number of benzene rings is 1. The average Bonchev–Trinajstić information content (AvgIpc) is 2.17. The molecule has 0 unspecified atom stereocenters. The molecule has 0 amide bonds. The van der Waals surface area contributed by atoms with Crippen LogP contribution >= 0.6 is 12.2 Å². The van der Waals surface area contributed by atoms with Crippen LogP contribution in [-0.2, 0) is 0 Å². The Labute approximate surface area is 80.6 Å². The van der Waals surface area contributed by atoms with Crippen molar-refractivity contribution >= 4 is 28.2 Å². The summed E-state index contributed by atoms with van der Waals surface area (Å²) in [4.78, 5) is 8.69. The predicted octanol–water partition coefficient (Wildman–Crippen LogP) is 1.26. The number of nitrogens with zero attached hydrogens (tertiary/aromatic N) is 2. The van der Waals surface area contributed by atoms with Crippen LogP contribution in [0.2, 0.25) is 0 Å². The first kappa shape index (κ1) is 8.07. The molecule has 0 saturated carbocycles. The van der Waals surface area contributed by atoms with Gasteiger partial charge in [0.2, 0.25) is 0 Å². The molecule has 2 aromatic rings. The van der Waals surface area contributed by atoms with Gasteiger partial charge < -0.3 is 5.73 Å². The third-order valence-corrected chi connectivity index (χ3v) is 1.91. The molecule has 3 nitrogen and oxygen atoms in total. The Hall–Kier alpha value is -1.55. The number of aromatic nitrogens is 2. The van der Waals surface area contributed by atoms with Crippen molar-refractivity contribution in [3.63, 3.8) is 0 Å². The Balaban J connectivity index is 2.69. The van der Waals surface area contributed by atoms with Gasteiger partial charge in [-0.2, -0.15) is 0 Å². The lowest BCUT2D eigenvalue weighted by atomic mass is 10.3. The van der Waals surface area contributed by atoms with Gasteiger partial charge in [-0.3, -0.25) is 4.98 Å². The van der Waals surface area contributed by atoms with E-state index in [-0.39, 0.29) is 4.99 Å². The van der Waals surface area contributed by atoms with E-state index in [4.69, 9.17) is 18.0 Å². The molecule has 0 spiro atoms. The lowest BCUT2D eigenvalue weighted by Gasteiger charge is -1.98. The van der Waals surface area contributed by atoms with Crippen LogP contribution in [0.4, 0.5) is 0 Å². The fraction of sp³-hybridized carbons (Fsp3) is 0. The first-order chi connectivity index (χ1) is 6.27. The second-order valence-electron chi connectivity index (χ2n) is 2.61. The van der Waals surface area contributed by atoms with Crippen molar-refractivity contribution in [3.8, 4) is 0 Å². The van der Waals surface area contributed by atoms with Crippen LogP contribution < -0.4 is 5.73 Å². The van der Waals surface area contributed by atoms with Gasteiger partial charge >= 0.3 is 0 Å². The molecule has 0 aliphatic rings. The molecule has 0 bridgehead atoms. The third kappa shape index (κ3) is 1.48. The molecule has 0 fully saturated rings. The highest BCUT2D eigenvalue weighted by Crippen LogP contribution is 2.07. The first-order valence-electron chi connectivity index (χ1n) is 3.79. The summed E-state index contributed by atoms with van der Waals surface area (Å²) in [6, 6.07) is 7.59. The maximum atomic E-state index is 5.43. The second kappa shape index (κ2) is 3.06. The average molecular weight is 189 g/mol. The second-order valence-corrected chi connectivity index (χ2v) is 3.05. The molecule has 2 N–H and O–H groups in total. The quantitative estimate of drug-likeness (QED) is 0.686. The smallest absolute Gasteiger partial charge is 0.124 e. The van der Waals surface area contributed by atoms with E-state index in [0.717, 1.165) is 11.0 Å². The maximum absolute atomic E-state index is 5.43. The summed E-state index contributed by atoms with van der Waals surface area (Å²) in [6.07, 6.45) is 1.59. The van der Waals surface area contributed by atoms with Gasteiger partial charge in [-0.05, 0) is 12.1 Å². The SMILES string of the molecule is NC(=S)c1cnc2ccccc2n1. The van der Waals surface area contributed by atoms with Crippen molar-refractivity contribution in [2.24, 2.45) is 5.73 Å². The molecule has 4 heteroatoms. The van der Waals surface area contributed by atoms with Gasteiger partial charge in [-0.25, -0.2) is 4.98 Å².